The van der Waals surface area contributed by atoms with Gasteiger partial charge in [-0.05, 0) is 43.0 Å². The van der Waals surface area contributed by atoms with Gasteiger partial charge in [0.1, 0.15) is 16.9 Å². The Balaban J connectivity index is 1.58. The highest BCUT2D eigenvalue weighted by Gasteiger charge is 2.47. The van der Waals surface area contributed by atoms with Crippen molar-refractivity contribution in [1.82, 2.24) is 10.2 Å². The summed E-state index contributed by atoms with van der Waals surface area (Å²) in [4.78, 5) is 38.9. The van der Waals surface area contributed by atoms with Crippen LogP contribution < -0.4 is 15.7 Å². The zero-order chi connectivity index (χ0) is 21.3. The summed E-state index contributed by atoms with van der Waals surface area (Å²) in [5.41, 5.74) is 0.436. The van der Waals surface area contributed by atoms with Crippen molar-refractivity contribution in [3.05, 3.63) is 76.1 Å². The molecule has 0 spiro atoms. The first-order chi connectivity index (χ1) is 14.4. The van der Waals surface area contributed by atoms with Crippen LogP contribution >= 0.6 is 0 Å². The van der Waals surface area contributed by atoms with E-state index in [2.05, 4.69) is 5.32 Å². The average Bonchev–Trinajstić information content (AvgIpc) is 2.95. The third-order valence-corrected chi connectivity index (χ3v) is 5.47. The molecule has 3 aromatic rings. The number of fused-ring (bicyclic) bond motifs is 1. The van der Waals surface area contributed by atoms with Gasteiger partial charge in [0.05, 0.1) is 13.7 Å². The van der Waals surface area contributed by atoms with Crippen molar-refractivity contribution in [3.63, 3.8) is 0 Å². The second-order valence-electron chi connectivity index (χ2n) is 7.59. The van der Waals surface area contributed by atoms with Crippen LogP contribution in [0.15, 0.2) is 63.8 Å². The molecule has 7 heteroatoms. The Bertz CT molecular complexity index is 1170. The number of ether oxygens (including phenoxy) is 1. The number of benzene rings is 2. The topological polar surface area (TPSA) is 88.9 Å². The molecule has 1 aromatic heterocycles. The van der Waals surface area contributed by atoms with Crippen LogP contribution in [0.2, 0.25) is 0 Å². The van der Waals surface area contributed by atoms with Crippen LogP contribution in [-0.2, 0) is 17.8 Å². The summed E-state index contributed by atoms with van der Waals surface area (Å²) in [6, 6.07) is 15.8. The first-order valence-electron chi connectivity index (χ1n) is 9.68. The molecule has 0 saturated carbocycles. The second-order valence-corrected chi connectivity index (χ2v) is 7.59. The van der Waals surface area contributed by atoms with E-state index in [1.807, 2.05) is 30.3 Å². The van der Waals surface area contributed by atoms with Gasteiger partial charge in [-0.3, -0.25) is 9.69 Å². The fourth-order valence-electron chi connectivity index (χ4n) is 3.74. The number of rotatable bonds is 6. The molecule has 30 heavy (non-hydrogen) atoms. The number of amides is 3. The Morgan fingerprint density at radius 1 is 1.07 bits per heavy atom. The van der Waals surface area contributed by atoms with Gasteiger partial charge in [0.2, 0.25) is 0 Å². The van der Waals surface area contributed by atoms with Crippen LogP contribution in [0.1, 0.15) is 24.5 Å². The molecule has 0 bridgehead atoms. The second kappa shape index (κ2) is 7.67. The Hall–Kier alpha value is -3.61. The SMILES string of the molecule is COc1ccc2c(CN3C(=O)N[C@](C)(CCc4ccccc4)C3=O)cc(=O)oc2c1. The molecule has 2 aromatic carbocycles. The standard InChI is InChI=1S/C23H22N2O5/c1-23(11-10-15-6-4-3-5-7-15)21(27)25(22(28)24-23)14-16-12-20(26)30-19-13-17(29-2)8-9-18(16)19/h3-9,12-13H,10-11,14H2,1-2H3,(H,24,28)/t23-/m1/s1. The number of carbonyl (C=O) groups is 2. The van der Waals surface area contributed by atoms with Crippen LogP contribution in [0.3, 0.4) is 0 Å². The molecule has 154 valence electrons. The van der Waals surface area contributed by atoms with Gasteiger partial charge in [-0.2, -0.15) is 0 Å². The van der Waals surface area contributed by atoms with Crippen molar-refractivity contribution in [2.45, 2.75) is 31.8 Å². The van der Waals surface area contributed by atoms with Gasteiger partial charge in [0.25, 0.3) is 5.91 Å². The number of nitrogens with zero attached hydrogens (tertiary/aromatic N) is 1. The monoisotopic (exact) mass is 406 g/mol. The van der Waals surface area contributed by atoms with Crippen LogP contribution in [0, 0.1) is 0 Å². The molecule has 1 aliphatic heterocycles. The number of hydrogen-bond donors (Lipinski definition) is 1. The molecule has 1 N–H and O–H groups in total. The molecule has 0 unspecified atom stereocenters. The number of imide groups is 1. The predicted molar refractivity (Wildman–Crippen MR) is 111 cm³/mol. The lowest BCUT2D eigenvalue weighted by Gasteiger charge is -2.22. The molecule has 7 nitrogen and oxygen atoms in total. The Kier molecular flexibility index (Phi) is 5.03. The number of nitrogens with one attached hydrogen (secondary N) is 1. The van der Waals surface area contributed by atoms with Gasteiger partial charge in [0.15, 0.2) is 0 Å². The lowest BCUT2D eigenvalue weighted by molar-refractivity contribution is -0.131. The lowest BCUT2D eigenvalue weighted by atomic mass is 9.93. The van der Waals surface area contributed by atoms with Crippen LogP contribution in [-0.4, -0.2) is 29.5 Å². The largest absolute Gasteiger partial charge is 0.497 e. The van der Waals surface area contributed by atoms with Crippen molar-refractivity contribution in [2.75, 3.05) is 7.11 Å². The molecule has 3 amide bonds. The number of aryl methyl sites for hydroxylation is 1. The molecule has 1 fully saturated rings. The molecule has 4 rings (SSSR count). The normalized spacial score (nSPS) is 18.7. The lowest BCUT2D eigenvalue weighted by Crippen LogP contribution is -2.44. The predicted octanol–water partition coefficient (Wildman–Crippen LogP) is 3.24. The molecule has 1 saturated heterocycles. The fraction of sp³-hybridized carbons (Fsp3) is 0.261. The van der Waals surface area contributed by atoms with Crippen molar-refractivity contribution < 1.29 is 18.7 Å². The highest BCUT2D eigenvalue weighted by molar-refractivity contribution is 6.06. The minimum absolute atomic E-state index is 0.0139. The van der Waals surface area contributed by atoms with E-state index >= 15 is 0 Å². The maximum atomic E-state index is 13.1. The number of urea groups is 1. The smallest absolute Gasteiger partial charge is 0.336 e. The maximum absolute atomic E-state index is 13.1. The van der Waals surface area contributed by atoms with Crippen molar-refractivity contribution in [1.29, 1.82) is 0 Å². The zero-order valence-corrected chi connectivity index (χ0v) is 16.8. The van der Waals surface area contributed by atoms with E-state index in [-0.39, 0.29) is 12.5 Å². The third-order valence-electron chi connectivity index (χ3n) is 5.47. The van der Waals surface area contributed by atoms with Gasteiger partial charge < -0.3 is 14.5 Å². The molecule has 1 atom stereocenters. The molecule has 1 aliphatic rings. The fourth-order valence-corrected chi connectivity index (χ4v) is 3.74. The first kappa shape index (κ1) is 19.7. The summed E-state index contributed by atoms with van der Waals surface area (Å²) < 4.78 is 10.4. The van der Waals surface area contributed by atoms with Crippen molar-refractivity contribution >= 4 is 22.9 Å². The minimum atomic E-state index is -0.995. The van der Waals surface area contributed by atoms with E-state index in [0.29, 0.717) is 35.1 Å². The van der Waals surface area contributed by atoms with E-state index in [1.54, 1.807) is 25.1 Å². The molecular formula is C23H22N2O5. The highest BCUT2D eigenvalue weighted by atomic mass is 16.5. The molecule has 0 aliphatic carbocycles. The van der Waals surface area contributed by atoms with E-state index in [9.17, 15) is 14.4 Å². The van der Waals surface area contributed by atoms with Crippen molar-refractivity contribution in [2.24, 2.45) is 0 Å². The number of hydrogen-bond acceptors (Lipinski definition) is 5. The Morgan fingerprint density at radius 3 is 2.57 bits per heavy atom. The van der Waals surface area contributed by atoms with Crippen molar-refractivity contribution in [3.8, 4) is 5.75 Å². The Morgan fingerprint density at radius 2 is 1.83 bits per heavy atom. The molecule has 0 radical (unpaired) electrons. The van der Waals surface area contributed by atoms with Gasteiger partial charge in [-0.15, -0.1) is 0 Å². The third kappa shape index (κ3) is 3.66. The summed E-state index contributed by atoms with van der Waals surface area (Å²) in [6.07, 6.45) is 1.14. The van der Waals surface area contributed by atoms with Gasteiger partial charge in [-0.25, -0.2) is 9.59 Å². The summed E-state index contributed by atoms with van der Waals surface area (Å²) in [5, 5.41) is 3.46. The quantitative estimate of drug-likeness (QED) is 0.501. The minimum Gasteiger partial charge on any atom is -0.497 e. The summed E-state index contributed by atoms with van der Waals surface area (Å²) in [5.74, 6) is 0.240. The van der Waals surface area contributed by atoms with Crippen LogP contribution in [0.4, 0.5) is 4.79 Å². The van der Waals surface area contributed by atoms with Gasteiger partial charge >= 0.3 is 11.7 Å². The van der Waals surface area contributed by atoms with Gasteiger partial charge in [-0.1, -0.05) is 30.3 Å². The summed E-state index contributed by atoms with van der Waals surface area (Å²) in [7, 11) is 1.52. The molecule has 2 heterocycles. The highest BCUT2D eigenvalue weighted by Crippen LogP contribution is 2.28. The van der Waals surface area contributed by atoms with E-state index in [4.69, 9.17) is 9.15 Å². The number of methoxy groups -OCH3 is 1. The average molecular weight is 406 g/mol. The zero-order valence-electron chi connectivity index (χ0n) is 16.8. The van der Waals surface area contributed by atoms with E-state index in [1.165, 1.54) is 13.2 Å². The van der Waals surface area contributed by atoms with Crippen LogP contribution in [0.5, 0.6) is 5.75 Å². The molecular weight excluding hydrogens is 384 g/mol. The van der Waals surface area contributed by atoms with Crippen LogP contribution in [0.25, 0.3) is 11.0 Å². The van der Waals surface area contributed by atoms with E-state index in [0.717, 1.165) is 10.5 Å². The van der Waals surface area contributed by atoms with Gasteiger partial charge in [0, 0.05) is 17.5 Å². The Labute approximate surface area is 173 Å². The van der Waals surface area contributed by atoms with E-state index < -0.39 is 17.2 Å². The number of carbonyl (C=O) groups excluding carboxylic acids is 2. The summed E-state index contributed by atoms with van der Waals surface area (Å²) >= 11 is 0. The summed E-state index contributed by atoms with van der Waals surface area (Å²) in [6.45, 7) is 1.72. The first-order valence-corrected chi connectivity index (χ1v) is 9.68. The maximum Gasteiger partial charge on any atom is 0.336 e.